The van der Waals surface area contributed by atoms with Crippen LogP contribution in [0.4, 0.5) is 0 Å². The largest absolute Gasteiger partial charge is 0.302 e. The molecule has 1 unspecified atom stereocenters. The van der Waals surface area contributed by atoms with Crippen molar-refractivity contribution in [2.75, 3.05) is 32.7 Å². The van der Waals surface area contributed by atoms with Crippen LogP contribution >= 0.6 is 0 Å². The third-order valence-electron chi connectivity index (χ3n) is 3.57. The maximum atomic E-state index is 8.87. The van der Waals surface area contributed by atoms with Gasteiger partial charge in [0.15, 0.2) is 0 Å². The average molecular weight is 237 g/mol. The van der Waals surface area contributed by atoms with E-state index in [1.54, 1.807) is 0 Å². The quantitative estimate of drug-likeness (QED) is 0.637. The Bertz CT molecular complexity index is 228. The molecule has 1 rings (SSSR count). The molecule has 3 nitrogen and oxygen atoms in total. The molecule has 0 aromatic carbocycles. The fourth-order valence-electron chi connectivity index (χ4n) is 2.79. The van der Waals surface area contributed by atoms with Gasteiger partial charge >= 0.3 is 0 Å². The van der Waals surface area contributed by atoms with Crippen LogP contribution in [-0.4, -0.2) is 48.6 Å². The number of likely N-dealkylation sites (tertiary alicyclic amines) is 1. The molecule has 3 heteroatoms. The highest BCUT2D eigenvalue weighted by Gasteiger charge is 2.23. The van der Waals surface area contributed by atoms with Gasteiger partial charge in [-0.2, -0.15) is 5.26 Å². The Morgan fingerprint density at radius 2 is 1.94 bits per heavy atom. The van der Waals surface area contributed by atoms with Gasteiger partial charge in [0, 0.05) is 12.6 Å². The monoisotopic (exact) mass is 237 g/mol. The molecule has 98 valence electrons. The molecule has 1 fully saturated rings. The van der Waals surface area contributed by atoms with E-state index in [2.05, 4.69) is 29.7 Å². The van der Waals surface area contributed by atoms with Crippen LogP contribution in [0.5, 0.6) is 0 Å². The first-order valence-corrected chi connectivity index (χ1v) is 7.15. The van der Waals surface area contributed by atoms with Gasteiger partial charge in [-0.1, -0.05) is 20.3 Å². The SMILES string of the molecule is CCCN(CCC)CC1CCCCN1CC#N. The average Bonchev–Trinajstić information content (AvgIpc) is 2.33. The lowest BCUT2D eigenvalue weighted by molar-refractivity contribution is 0.116. The van der Waals surface area contributed by atoms with Crippen LogP contribution in [0, 0.1) is 11.3 Å². The summed E-state index contributed by atoms with van der Waals surface area (Å²) < 4.78 is 0. The van der Waals surface area contributed by atoms with E-state index >= 15 is 0 Å². The molecule has 0 saturated carbocycles. The Balaban J connectivity index is 2.46. The topological polar surface area (TPSA) is 30.3 Å². The molecule has 17 heavy (non-hydrogen) atoms. The van der Waals surface area contributed by atoms with E-state index in [4.69, 9.17) is 5.26 Å². The van der Waals surface area contributed by atoms with Crippen molar-refractivity contribution < 1.29 is 0 Å². The number of nitrogens with zero attached hydrogens (tertiary/aromatic N) is 3. The van der Waals surface area contributed by atoms with Gasteiger partial charge in [0.1, 0.15) is 0 Å². The molecular formula is C14H27N3. The second-order valence-electron chi connectivity index (χ2n) is 5.08. The third kappa shape index (κ3) is 5.06. The van der Waals surface area contributed by atoms with E-state index in [-0.39, 0.29) is 0 Å². The van der Waals surface area contributed by atoms with Gasteiger partial charge in [-0.25, -0.2) is 0 Å². The molecule has 0 aromatic heterocycles. The standard InChI is InChI=1S/C14H27N3/c1-3-9-16(10-4-2)13-14-7-5-6-11-17(14)12-8-15/h14H,3-7,9-13H2,1-2H3. The van der Waals surface area contributed by atoms with Gasteiger partial charge in [-0.15, -0.1) is 0 Å². The van der Waals surface area contributed by atoms with Gasteiger partial charge in [-0.3, -0.25) is 4.90 Å². The van der Waals surface area contributed by atoms with Crippen molar-refractivity contribution in [3.8, 4) is 6.07 Å². The molecule has 1 aliphatic heterocycles. The summed E-state index contributed by atoms with van der Waals surface area (Å²) in [6.45, 7) is 9.77. The zero-order chi connectivity index (χ0) is 12.5. The predicted molar refractivity (Wildman–Crippen MR) is 71.8 cm³/mol. The summed E-state index contributed by atoms with van der Waals surface area (Å²) in [6, 6.07) is 2.92. The molecule has 0 N–H and O–H groups in total. The first kappa shape index (κ1) is 14.5. The lowest BCUT2D eigenvalue weighted by Gasteiger charge is -2.37. The van der Waals surface area contributed by atoms with Gasteiger partial charge in [0.25, 0.3) is 0 Å². The second-order valence-corrected chi connectivity index (χ2v) is 5.08. The van der Waals surface area contributed by atoms with E-state index in [9.17, 15) is 0 Å². The van der Waals surface area contributed by atoms with Crippen LogP contribution in [0.15, 0.2) is 0 Å². The molecule has 0 spiro atoms. The minimum atomic E-state index is 0.608. The van der Waals surface area contributed by atoms with Crippen LogP contribution in [0.25, 0.3) is 0 Å². The minimum absolute atomic E-state index is 0.608. The van der Waals surface area contributed by atoms with E-state index in [0.29, 0.717) is 12.6 Å². The first-order chi connectivity index (χ1) is 8.31. The Kier molecular flexibility index (Phi) is 7.23. The predicted octanol–water partition coefficient (Wildman–Crippen LogP) is 2.49. The van der Waals surface area contributed by atoms with Crippen molar-refractivity contribution >= 4 is 0 Å². The van der Waals surface area contributed by atoms with E-state index in [0.717, 1.165) is 13.1 Å². The minimum Gasteiger partial charge on any atom is -0.302 e. The maximum absolute atomic E-state index is 8.87. The molecule has 0 bridgehead atoms. The summed E-state index contributed by atoms with van der Waals surface area (Å²) in [5.74, 6) is 0. The normalized spacial score (nSPS) is 21.6. The number of nitriles is 1. The third-order valence-corrected chi connectivity index (χ3v) is 3.57. The number of hydrogen-bond acceptors (Lipinski definition) is 3. The van der Waals surface area contributed by atoms with Crippen LogP contribution < -0.4 is 0 Å². The number of rotatable bonds is 7. The molecule has 0 aromatic rings. The maximum Gasteiger partial charge on any atom is 0.0868 e. The number of piperidine rings is 1. The second kappa shape index (κ2) is 8.49. The molecule has 1 saturated heterocycles. The first-order valence-electron chi connectivity index (χ1n) is 7.15. The number of hydrogen-bond donors (Lipinski definition) is 0. The van der Waals surface area contributed by atoms with Crippen molar-refractivity contribution in [3.05, 3.63) is 0 Å². The van der Waals surface area contributed by atoms with Crippen LogP contribution in [0.3, 0.4) is 0 Å². The van der Waals surface area contributed by atoms with Gasteiger partial charge < -0.3 is 4.90 Å². The van der Waals surface area contributed by atoms with Crippen molar-refractivity contribution in [2.24, 2.45) is 0 Å². The van der Waals surface area contributed by atoms with Crippen molar-refractivity contribution in [1.29, 1.82) is 5.26 Å². The van der Waals surface area contributed by atoms with Crippen molar-refractivity contribution in [2.45, 2.75) is 52.0 Å². The zero-order valence-corrected chi connectivity index (χ0v) is 11.5. The smallest absolute Gasteiger partial charge is 0.0868 e. The molecule has 0 aliphatic carbocycles. The van der Waals surface area contributed by atoms with Gasteiger partial charge in [0.2, 0.25) is 0 Å². The van der Waals surface area contributed by atoms with E-state index < -0.39 is 0 Å². The molecule has 1 heterocycles. The fraction of sp³-hybridized carbons (Fsp3) is 0.929. The molecule has 0 radical (unpaired) electrons. The highest BCUT2D eigenvalue weighted by molar-refractivity contribution is 4.86. The Morgan fingerprint density at radius 3 is 2.53 bits per heavy atom. The zero-order valence-electron chi connectivity index (χ0n) is 11.5. The summed E-state index contributed by atoms with van der Waals surface area (Å²) in [5, 5.41) is 8.87. The highest BCUT2D eigenvalue weighted by Crippen LogP contribution is 2.17. The Labute approximate surface area is 106 Å². The summed E-state index contributed by atoms with van der Waals surface area (Å²) in [4.78, 5) is 4.95. The van der Waals surface area contributed by atoms with Crippen molar-refractivity contribution in [3.63, 3.8) is 0 Å². The Morgan fingerprint density at radius 1 is 1.24 bits per heavy atom. The lowest BCUT2D eigenvalue weighted by Crippen LogP contribution is -2.47. The van der Waals surface area contributed by atoms with Gasteiger partial charge in [-0.05, 0) is 45.3 Å². The molecular weight excluding hydrogens is 210 g/mol. The summed E-state index contributed by atoms with van der Waals surface area (Å²) in [5.41, 5.74) is 0. The van der Waals surface area contributed by atoms with E-state index in [1.165, 1.54) is 45.2 Å². The van der Waals surface area contributed by atoms with E-state index in [1.807, 2.05) is 0 Å². The van der Waals surface area contributed by atoms with Crippen molar-refractivity contribution in [1.82, 2.24) is 9.80 Å². The summed E-state index contributed by atoms with van der Waals surface area (Å²) in [7, 11) is 0. The van der Waals surface area contributed by atoms with Crippen LogP contribution in [0.1, 0.15) is 46.0 Å². The van der Waals surface area contributed by atoms with Crippen LogP contribution in [-0.2, 0) is 0 Å². The highest BCUT2D eigenvalue weighted by atomic mass is 15.2. The molecule has 1 aliphatic rings. The lowest BCUT2D eigenvalue weighted by atomic mass is 10.0. The molecule has 1 atom stereocenters. The summed E-state index contributed by atoms with van der Waals surface area (Å²) >= 11 is 0. The summed E-state index contributed by atoms with van der Waals surface area (Å²) in [6.07, 6.45) is 6.32. The fourth-order valence-corrected chi connectivity index (χ4v) is 2.79. The molecule has 0 amide bonds. The van der Waals surface area contributed by atoms with Gasteiger partial charge in [0.05, 0.1) is 12.6 Å². The van der Waals surface area contributed by atoms with Crippen LogP contribution in [0.2, 0.25) is 0 Å². The Hall–Kier alpha value is -0.590.